The number of rotatable bonds is 7. The third-order valence-corrected chi connectivity index (χ3v) is 5.76. The molecule has 1 aromatic carbocycles. The van der Waals surface area contributed by atoms with Crippen molar-refractivity contribution >= 4 is 23.4 Å². The summed E-state index contributed by atoms with van der Waals surface area (Å²) in [5.41, 5.74) is 1.92. The molecule has 2 N–H and O–H groups in total. The summed E-state index contributed by atoms with van der Waals surface area (Å²) >= 11 is 0. The predicted octanol–water partition coefficient (Wildman–Crippen LogP) is 3.61. The van der Waals surface area contributed by atoms with Gasteiger partial charge in [0, 0.05) is 49.9 Å². The van der Waals surface area contributed by atoms with Gasteiger partial charge in [0.15, 0.2) is 0 Å². The van der Waals surface area contributed by atoms with Crippen LogP contribution in [0.15, 0.2) is 30.5 Å². The zero-order valence-corrected chi connectivity index (χ0v) is 18.5. The third-order valence-electron chi connectivity index (χ3n) is 5.76. The molecule has 1 aromatic heterocycles. The van der Waals surface area contributed by atoms with E-state index >= 15 is 0 Å². The van der Waals surface area contributed by atoms with Gasteiger partial charge in [-0.2, -0.15) is 4.98 Å². The number of carbonyl (C=O) groups is 1. The average molecular weight is 427 g/mol. The molecule has 166 valence electrons. The Morgan fingerprint density at radius 1 is 1.19 bits per heavy atom. The van der Waals surface area contributed by atoms with Crippen LogP contribution in [-0.4, -0.2) is 40.9 Å². The van der Waals surface area contributed by atoms with Crippen LogP contribution >= 0.6 is 0 Å². The number of aryl methyl sites for hydroxylation is 1. The topological polar surface area (TPSA) is 113 Å². The van der Waals surface area contributed by atoms with E-state index in [-0.39, 0.29) is 29.6 Å². The highest BCUT2D eigenvalue weighted by atomic mass is 16.6. The first-order valence-corrected chi connectivity index (χ1v) is 10.6. The SMILES string of the molecule is Cc1cnc(N[C@H]2CC[C@@H](C(=O)NC(C)c3ccc([N+](=O)[O-])cc3)CC2)nc1N(C)C. The molecule has 31 heavy (non-hydrogen) atoms. The lowest BCUT2D eigenvalue weighted by atomic mass is 9.85. The molecule has 9 heteroatoms. The van der Waals surface area contributed by atoms with E-state index in [1.165, 1.54) is 12.1 Å². The number of aromatic nitrogens is 2. The third kappa shape index (κ3) is 5.68. The minimum atomic E-state index is -0.428. The Hall–Kier alpha value is -3.23. The van der Waals surface area contributed by atoms with Gasteiger partial charge in [-0.25, -0.2) is 4.98 Å². The van der Waals surface area contributed by atoms with Crippen molar-refractivity contribution in [1.29, 1.82) is 0 Å². The molecule has 1 aliphatic rings. The minimum absolute atomic E-state index is 0.0326. The fraction of sp³-hybridized carbons (Fsp3) is 0.500. The van der Waals surface area contributed by atoms with Crippen molar-refractivity contribution in [3.63, 3.8) is 0 Å². The van der Waals surface area contributed by atoms with Gasteiger partial charge in [0.05, 0.1) is 11.0 Å². The van der Waals surface area contributed by atoms with Gasteiger partial charge in [0.25, 0.3) is 5.69 Å². The molecule has 9 nitrogen and oxygen atoms in total. The molecule has 0 radical (unpaired) electrons. The number of nitro groups is 1. The summed E-state index contributed by atoms with van der Waals surface area (Å²) in [4.78, 5) is 34.0. The summed E-state index contributed by atoms with van der Waals surface area (Å²) in [5, 5.41) is 17.2. The standard InChI is InChI=1S/C22H30N6O3/c1-14-13-23-22(26-20(14)27(3)4)25-18-9-5-17(6-10-18)21(29)24-15(2)16-7-11-19(12-8-16)28(30)31/h7-8,11-13,15,17-18H,5-6,9-10H2,1-4H3,(H,24,29)(H,23,25,26)/t15?,17-,18+. The Kier molecular flexibility index (Phi) is 7.04. The lowest BCUT2D eigenvalue weighted by Crippen LogP contribution is -2.37. The lowest BCUT2D eigenvalue weighted by Gasteiger charge is -2.29. The van der Waals surface area contributed by atoms with E-state index in [0.29, 0.717) is 5.95 Å². The van der Waals surface area contributed by atoms with Gasteiger partial charge >= 0.3 is 0 Å². The van der Waals surface area contributed by atoms with Crippen molar-refractivity contribution in [2.75, 3.05) is 24.3 Å². The van der Waals surface area contributed by atoms with Crippen molar-refractivity contribution < 1.29 is 9.72 Å². The van der Waals surface area contributed by atoms with Gasteiger partial charge in [-0.3, -0.25) is 14.9 Å². The van der Waals surface area contributed by atoms with E-state index in [1.807, 2.05) is 39.0 Å². The van der Waals surface area contributed by atoms with Crippen LogP contribution in [0.25, 0.3) is 0 Å². The second-order valence-corrected chi connectivity index (χ2v) is 8.37. The maximum Gasteiger partial charge on any atom is 0.269 e. The minimum Gasteiger partial charge on any atom is -0.362 e. The molecule has 3 rings (SSSR count). The summed E-state index contributed by atoms with van der Waals surface area (Å²) in [6.07, 6.45) is 5.16. The zero-order valence-electron chi connectivity index (χ0n) is 18.5. The Labute approximate surface area is 182 Å². The number of nitrogens with one attached hydrogen (secondary N) is 2. The molecule has 1 fully saturated rings. The van der Waals surface area contributed by atoms with E-state index in [2.05, 4.69) is 20.6 Å². The average Bonchev–Trinajstić information content (AvgIpc) is 2.75. The summed E-state index contributed by atoms with van der Waals surface area (Å²) < 4.78 is 0. The first kappa shape index (κ1) is 22.5. The molecule has 0 saturated heterocycles. The van der Waals surface area contributed by atoms with Crippen LogP contribution in [0.1, 0.15) is 49.8 Å². The number of carbonyl (C=O) groups excluding carboxylic acids is 1. The van der Waals surface area contributed by atoms with Crippen molar-refractivity contribution in [3.05, 3.63) is 51.7 Å². The predicted molar refractivity (Wildman–Crippen MR) is 120 cm³/mol. The van der Waals surface area contributed by atoms with E-state index in [9.17, 15) is 14.9 Å². The zero-order chi connectivity index (χ0) is 22.5. The molecule has 0 aliphatic heterocycles. The maximum absolute atomic E-state index is 12.7. The number of amides is 1. The molecular formula is C22H30N6O3. The van der Waals surface area contributed by atoms with Gasteiger partial charge in [-0.05, 0) is 45.1 Å². The van der Waals surface area contributed by atoms with Crippen LogP contribution in [0.3, 0.4) is 0 Å². The van der Waals surface area contributed by atoms with Crippen LogP contribution in [0, 0.1) is 23.0 Å². The number of hydrogen-bond donors (Lipinski definition) is 2. The smallest absolute Gasteiger partial charge is 0.269 e. The summed E-state index contributed by atoms with van der Waals surface area (Å²) in [6.45, 7) is 3.88. The highest BCUT2D eigenvalue weighted by Crippen LogP contribution is 2.28. The Morgan fingerprint density at radius 3 is 2.42 bits per heavy atom. The molecule has 0 bridgehead atoms. The van der Waals surface area contributed by atoms with Crippen LogP contribution in [-0.2, 0) is 4.79 Å². The maximum atomic E-state index is 12.7. The van der Waals surface area contributed by atoms with E-state index in [4.69, 9.17) is 0 Å². The molecule has 1 aliphatic carbocycles. The molecule has 1 amide bonds. The molecular weight excluding hydrogens is 396 g/mol. The molecule has 1 unspecified atom stereocenters. The molecule has 1 saturated carbocycles. The van der Waals surface area contributed by atoms with Crippen molar-refractivity contribution in [2.24, 2.45) is 5.92 Å². The first-order valence-electron chi connectivity index (χ1n) is 10.6. The second kappa shape index (κ2) is 9.72. The van der Waals surface area contributed by atoms with Gasteiger partial charge < -0.3 is 15.5 Å². The number of nitrogens with zero attached hydrogens (tertiary/aromatic N) is 4. The van der Waals surface area contributed by atoms with Crippen molar-refractivity contribution in [1.82, 2.24) is 15.3 Å². The van der Waals surface area contributed by atoms with Crippen LogP contribution < -0.4 is 15.5 Å². The Morgan fingerprint density at radius 2 is 1.84 bits per heavy atom. The summed E-state index contributed by atoms with van der Waals surface area (Å²) in [6, 6.07) is 6.34. The van der Waals surface area contributed by atoms with E-state index in [1.54, 1.807) is 12.1 Å². The van der Waals surface area contributed by atoms with Crippen LogP contribution in [0.2, 0.25) is 0 Å². The first-order chi connectivity index (χ1) is 14.7. The lowest BCUT2D eigenvalue weighted by molar-refractivity contribution is -0.384. The second-order valence-electron chi connectivity index (χ2n) is 8.37. The van der Waals surface area contributed by atoms with Gasteiger partial charge in [-0.15, -0.1) is 0 Å². The molecule has 1 atom stereocenters. The Balaban J connectivity index is 1.50. The normalized spacial score (nSPS) is 19.4. The van der Waals surface area contributed by atoms with Crippen LogP contribution in [0.4, 0.5) is 17.5 Å². The van der Waals surface area contributed by atoms with Crippen molar-refractivity contribution in [2.45, 2.75) is 51.6 Å². The molecule has 2 aromatic rings. The largest absolute Gasteiger partial charge is 0.362 e. The number of anilines is 2. The monoisotopic (exact) mass is 426 g/mol. The summed E-state index contributed by atoms with van der Waals surface area (Å²) in [5.74, 6) is 1.51. The molecule has 0 spiro atoms. The number of hydrogen-bond acceptors (Lipinski definition) is 7. The number of nitro benzene ring substituents is 1. The Bertz CT molecular complexity index is 923. The van der Waals surface area contributed by atoms with Crippen molar-refractivity contribution in [3.8, 4) is 0 Å². The highest BCUT2D eigenvalue weighted by Gasteiger charge is 2.27. The van der Waals surface area contributed by atoms with Gasteiger partial charge in [-0.1, -0.05) is 12.1 Å². The van der Waals surface area contributed by atoms with Gasteiger partial charge in [0.2, 0.25) is 11.9 Å². The van der Waals surface area contributed by atoms with E-state index < -0.39 is 4.92 Å². The summed E-state index contributed by atoms with van der Waals surface area (Å²) in [7, 11) is 3.92. The fourth-order valence-corrected chi connectivity index (χ4v) is 3.94. The number of benzene rings is 1. The molecule has 1 heterocycles. The fourth-order valence-electron chi connectivity index (χ4n) is 3.94. The number of non-ortho nitro benzene ring substituents is 1. The highest BCUT2D eigenvalue weighted by molar-refractivity contribution is 5.79. The van der Waals surface area contributed by atoms with Gasteiger partial charge in [0.1, 0.15) is 5.82 Å². The quantitative estimate of drug-likeness (QED) is 0.513. The van der Waals surface area contributed by atoms with E-state index in [0.717, 1.165) is 42.6 Å². The van der Waals surface area contributed by atoms with Crippen LogP contribution in [0.5, 0.6) is 0 Å².